The number of morpholine rings is 1. The quantitative estimate of drug-likeness (QED) is 0.772. The fourth-order valence-corrected chi connectivity index (χ4v) is 4.28. The molecule has 0 amide bonds. The molecular formula is C16H24N2O5S. The van der Waals surface area contributed by atoms with E-state index in [0.717, 1.165) is 6.42 Å². The molecule has 0 spiro atoms. The summed E-state index contributed by atoms with van der Waals surface area (Å²) >= 11 is 0. The van der Waals surface area contributed by atoms with Gasteiger partial charge in [0.15, 0.2) is 0 Å². The zero-order chi connectivity index (χ0) is 17.7. The van der Waals surface area contributed by atoms with Crippen LogP contribution < -0.4 is 9.62 Å². The van der Waals surface area contributed by atoms with Gasteiger partial charge in [-0.15, -0.1) is 0 Å². The number of anilines is 1. The maximum atomic E-state index is 12.8. The molecule has 2 rings (SSSR count). The normalized spacial score (nSPS) is 16.8. The molecule has 134 valence electrons. The Labute approximate surface area is 142 Å². The first-order valence-corrected chi connectivity index (χ1v) is 9.56. The summed E-state index contributed by atoms with van der Waals surface area (Å²) in [5.41, 5.74) is 0.468. The highest BCUT2D eigenvalue weighted by Crippen LogP contribution is 2.28. The molecule has 1 aliphatic rings. The van der Waals surface area contributed by atoms with Crippen LogP contribution in [0.4, 0.5) is 5.69 Å². The molecule has 1 fully saturated rings. The van der Waals surface area contributed by atoms with E-state index in [1.54, 1.807) is 13.0 Å². The van der Waals surface area contributed by atoms with E-state index in [1.807, 2.05) is 11.8 Å². The van der Waals surface area contributed by atoms with Crippen LogP contribution in [0, 0.1) is 0 Å². The van der Waals surface area contributed by atoms with Crippen LogP contribution in [0.5, 0.6) is 0 Å². The van der Waals surface area contributed by atoms with Crippen LogP contribution in [0.2, 0.25) is 0 Å². The average molecular weight is 356 g/mol. The third-order valence-corrected chi connectivity index (χ3v) is 5.54. The fraction of sp³-hybridized carbons (Fsp3) is 0.562. The zero-order valence-corrected chi connectivity index (χ0v) is 14.8. The van der Waals surface area contributed by atoms with Crippen molar-refractivity contribution in [3.8, 4) is 0 Å². The van der Waals surface area contributed by atoms with E-state index in [4.69, 9.17) is 4.74 Å². The molecule has 0 aliphatic carbocycles. The van der Waals surface area contributed by atoms with Crippen LogP contribution in [0.3, 0.4) is 0 Å². The highest BCUT2D eigenvalue weighted by atomic mass is 32.2. The Bertz CT molecular complexity index is 684. The van der Waals surface area contributed by atoms with E-state index in [-0.39, 0.29) is 16.5 Å². The number of aromatic carboxylic acids is 1. The summed E-state index contributed by atoms with van der Waals surface area (Å²) in [7, 11) is -3.81. The number of carbonyl (C=O) groups is 1. The summed E-state index contributed by atoms with van der Waals surface area (Å²) in [4.78, 5) is 13.2. The lowest BCUT2D eigenvalue weighted by molar-refractivity contribution is 0.0696. The number of carboxylic acids is 1. The molecule has 0 radical (unpaired) electrons. The van der Waals surface area contributed by atoms with Crippen molar-refractivity contribution in [3.05, 3.63) is 23.8 Å². The molecule has 1 aliphatic heterocycles. The van der Waals surface area contributed by atoms with Gasteiger partial charge in [0.2, 0.25) is 10.0 Å². The number of hydrogen-bond acceptors (Lipinski definition) is 5. The summed E-state index contributed by atoms with van der Waals surface area (Å²) in [5.74, 6) is -1.15. The monoisotopic (exact) mass is 356 g/mol. The Morgan fingerprint density at radius 3 is 2.62 bits per heavy atom. The minimum Gasteiger partial charge on any atom is -0.478 e. The molecule has 1 aromatic rings. The van der Waals surface area contributed by atoms with Crippen molar-refractivity contribution in [2.45, 2.75) is 37.6 Å². The number of benzene rings is 1. The third-order valence-electron chi connectivity index (χ3n) is 3.93. The highest BCUT2D eigenvalue weighted by molar-refractivity contribution is 7.89. The van der Waals surface area contributed by atoms with E-state index in [0.29, 0.717) is 38.4 Å². The number of nitrogens with one attached hydrogen (secondary N) is 1. The summed E-state index contributed by atoms with van der Waals surface area (Å²) < 4.78 is 33.5. The van der Waals surface area contributed by atoms with Gasteiger partial charge in [-0.2, -0.15) is 0 Å². The lowest BCUT2D eigenvalue weighted by atomic mass is 10.2. The first-order chi connectivity index (χ1) is 11.3. The van der Waals surface area contributed by atoms with E-state index >= 15 is 0 Å². The molecule has 0 saturated carbocycles. The molecule has 1 saturated heterocycles. The van der Waals surface area contributed by atoms with Crippen molar-refractivity contribution in [1.82, 2.24) is 4.72 Å². The van der Waals surface area contributed by atoms with E-state index in [2.05, 4.69) is 4.72 Å². The lowest BCUT2D eigenvalue weighted by Gasteiger charge is -2.30. The van der Waals surface area contributed by atoms with Crippen molar-refractivity contribution in [1.29, 1.82) is 0 Å². The molecule has 2 N–H and O–H groups in total. The second-order valence-electron chi connectivity index (χ2n) is 5.90. The van der Waals surface area contributed by atoms with E-state index in [1.165, 1.54) is 12.1 Å². The predicted molar refractivity (Wildman–Crippen MR) is 91.1 cm³/mol. The summed E-state index contributed by atoms with van der Waals surface area (Å²) in [6.45, 7) is 5.95. The second-order valence-corrected chi connectivity index (χ2v) is 7.58. The summed E-state index contributed by atoms with van der Waals surface area (Å²) in [5, 5.41) is 9.19. The maximum absolute atomic E-state index is 12.8. The average Bonchev–Trinajstić information content (AvgIpc) is 2.54. The van der Waals surface area contributed by atoms with Gasteiger partial charge in [0, 0.05) is 19.1 Å². The maximum Gasteiger partial charge on any atom is 0.335 e. The Balaban J connectivity index is 2.43. The van der Waals surface area contributed by atoms with E-state index < -0.39 is 16.0 Å². The van der Waals surface area contributed by atoms with Crippen LogP contribution in [-0.2, 0) is 14.8 Å². The van der Waals surface area contributed by atoms with Crippen molar-refractivity contribution in [3.63, 3.8) is 0 Å². The predicted octanol–water partition coefficient (Wildman–Crippen LogP) is 1.69. The smallest absolute Gasteiger partial charge is 0.335 e. The standard InChI is InChI=1S/C16H24N2O5S/c1-3-4-12(2)17-24(21,22)15-11-13(16(19)20)5-6-14(15)18-7-9-23-10-8-18/h5-6,11-12,17H,3-4,7-10H2,1-2H3,(H,19,20)/t12-/m1/s1. The molecule has 1 aromatic carbocycles. The van der Waals surface area contributed by atoms with Crippen molar-refractivity contribution in [2.24, 2.45) is 0 Å². The Kier molecular flexibility index (Phi) is 6.20. The Morgan fingerprint density at radius 1 is 1.38 bits per heavy atom. The number of ether oxygens (including phenoxy) is 1. The number of rotatable bonds is 7. The van der Waals surface area contributed by atoms with Crippen LogP contribution in [0.25, 0.3) is 0 Å². The Hall–Kier alpha value is -1.64. The minimum absolute atomic E-state index is 0.00672. The van der Waals surface area contributed by atoms with Gasteiger partial charge in [0.05, 0.1) is 24.5 Å². The van der Waals surface area contributed by atoms with Gasteiger partial charge < -0.3 is 14.7 Å². The van der Waals surface area contributed by atoms with Gasteiger partial charge in [0.25, 0.3) is 0 Å². The third kappa shape index (κ3) is 4.46. The first-order valence-electron chi connectivity index (χ1n) is 8.07. The number of sulfonamides is 1. The molecule has 0 bridgehead atoms. The van der Waals surface area contributed by atoms with E-state index in [9.17, 15) is 18.3 Å². The Morgan fingerprint density at radius 2 is 2.04 bits per heavy atom. The molecule has 0 aromatic heterocycles. The molecule has 1 heterocycles. The lowest BCUT2D eigenvalue weighted by Crippen LogP contribution is -2.39. The number of nitrogens with zero attached hydrogens (tertiary/aromatic N) is 1. The highest BCUT2D eigenvalue weighted by Gasteiger charge is 2.26. The van der Waals surface area contributed by atoms with Crippen LogP contribution >= 0.6 is 0 Å². The van der Waals surface area contributed by atoms with Gasteiger partial charge in [0.1, 0.15) is 4.90 Å². The van der Waals surface area contributed by atoms with Gasteiger partial charge in [-0.1, -0.05) is 13.3 Å². The van der Waals surface area contributed by atoms with Gasteiger partial charge in [-0.3, -0.25) is 0 Å². The molecule has 1 atom stereocenters. The molecule has 24 heavy (non-hydrogen) atoms. The van der Waals surface area contributed by atoms with Crippen LogP contribution in [0.15, 0.2) is 23.1 Å². The first kappa shape index (κ1) is 18.7. The van der Waals surface area contributed by atoms with Gasteiger partial charge in [-0.05, 0) is 31.5 Å². The molecule has 8 heteroatoms. The summed E-state index contributed by atoms with van der Waals surface area (Å²) in [6, 6.07) is 4.01. The molecule has 7 nitrogen and oxygen atoms in total. The van der Waals surface area contributed by atoms with Gasteiger partial charge >= 0.3 is 5.97 Å². The minimum atomic E-state index is -3.81. The van der Waals surface area contributed by atoms with Crippen molar-refractivity contribution in [2.75, 3.05) is 31.2 Å². The largest absolute Gasteiger partial charge is 0.478 e. The SMILES string of the molecule is CCC[C@@H](C)NS(=O)(=O)c1cc(C(=O)O)ccc1N1CCOCC1. The van der Waals surface area contributed by atoms with Gasteiger partial charge in [-0.25, -0.2) is 17.9 Å². The number of carboxylic acid groups (broad SMARTS) is 1. The molecular weight excluding hydrogens is 332 g/mol. The summed E-state index contributed by atoms with van der Waals surface area (Å²) in [6.07, 6.45) is 1.57. The van der Waals surface area contributed by atoms with Crippen LogP contribution in [0.1, 0.15) is 37.0 Å². The van der Waals surface area contributed by atoms with Crippen molar-refractivity contribution >= 4 is 21.7 Å². The van der Waals surface area contributed by atoms with Crippen molar-refractivity contribution < 1.29 is 23.1 Å². The second kappa shape index (κ2) is 7.96. The fourth-order valence-electron chi connectivity index (χ4n) is 2.75. The molecule has 0 unspecified atom stereocenters. The van der Waals surface area contributed by atoms with Crippen LogP contribution in [-0.4, -0.2) is 51.8 Å². The number of hydrogen-bond donors (Lipinski definition) is 2. The topological polar surface area (TPSA) is 95.9 Å². The zero-order valence-electron chi connectivity index (χ0n) is 14.0.